The first kappa shape index (κ1) is 14.8. The molecule has 0 aliphatic carbocycles. The van der Waals surface area contributed by atoms with Crippen LogP contribution in [-0.4, -0.2) is 23.2 Å². The van der Waals surface area contributed by atoms with Gasteiger partial charge in [0.1, 0.15) is 9.88 Å². The molecular formula is C11H11ClN4O2S2. The van der Waals surface area contributed by atoms with Gasteiger partial charge in [-0.3, -0.25) is 9.40 Å². The molecule has 0 saturated carbocycles. The molecular weight excluding hydrogens is 320 g/mol. The lowest BCUT2D eigenvalue weighted by Crippen LogP contribution is -2.16. The van der Waals surface area contributed by atoms with Crippen LogP contribution in [0.15, 0.2) is 35.4 Å². The van der Waals surface area contributed by atoms with Crippen molar-refractivity contribution in [1.82, 2.24) is 9.78 Å². The summed E-state index contributed by atoms with van der Waals surface area (Å²) >= 11 is 10.8. The van der Waals surface area contributed by atoms with Crippen LogP contribution in [-0.2, 0) is 17.1 Å². The summed E-state index contributed by atoms with van der Waals surface area (Å²) in [5.41, 5.74) is 5.91. The SMILES string of the molecule is Cn1ccc(NS(=O)(=O)c2cc(C(N)=S)ccc2Cl)n1. The van der Waals surface area contributed by atoms with Gasteiger partial charge in [0.05, 0.1) is 5.02 Å². The lowest BCUT2D eigenvalue weighted by molar-refractivity contribution is 0.601. The van der Waals surface area contributed by atoms with Gasteiger partial charge in [0.2, 0.25) is 0 Å². The van der Waals surface area contributed by atoms with Gasteiger partial charge in [0.15, 0.2) is 5.82 Å². The van der Waals surface area contributed by atoms with Crippen molar-refractivity contribution in [3.8, 4) is 0 Å². The second-order valence-corrected chi connectivity index (χ2v) is 6.49. The molecule has 0 unspecified atom stereocenters. The average molecular weight is 331 g/mol. The van der Waals surface area contributed by atoms with Crippen LogP contribution in [0.5, 0.6) is 0 Å². The predicted molar refractivity (Wildman–Crippen MR) is 81.4 cm³/mol. The maximum absolute atomic E-state index is 12.3. The lowest BCUT2D eigenvalue weighted by atomic mass is 10.2. The second-order valence-electron chi connectivity index (χ2n) is 3.99. The molecule has 2 aromatic rings. The van der Waals surface area contributed by atoms with E-state index in [0.717, 1.165) is 0 Å². The highest BCUT2D eigenvalue weighted by molar-refractivity contribution is 7.92. The van der Waals surface area contributed by atoms with Gasteiger partial charge in [0, 0.05) is 24.9 Å². The van der Waals surface area contributed by atoms with Crippen LogP contribution in [0.25, 0.3) is 0 Å². The second kappa shape index (κ2) is 5.39. The number of nitrogens with zero attached hydrogens (tertiary/aromatic N) is 2. The fourth-order valence-electron chi connectivity index (χ4n) is 1.52. The van der Waals surface area contributed by atoms with Crippen molar-refractivity contribution in [1.29, 1.82) is 0 Å². The fourth-order valence-corrected chi connectivity index (χ4v) is 3.17. The van der Waals surface area contributed by atoms with Gasteiger partial charge in [-0.2, -0.15) is 5.10 Å². The number of anilines is 1. The van der Waals surface area contributed by atoms with Crippen molar-refractivity contribution >= 4 is 44.6 Å². The fraction of sp³-hybridized carbons (Fsp3) is 0.0909. The molecule has 0 bridgehead atoms. The lowest BCUT2D eigenvalue weighted by Gasteiger charge is -2.09. The maximum atomic E-state index is 12.3. The summed E-state index contributed by atoms with van der Waals surface area (Å²) in [6, 6.07) is 5.85. The zero-order chi connectivity index (χ0) is 14.9. The first-order chi connectivity index (χ1) is 9.29. The largest absolute Gasteiger partial charge is 0.389 e. The number of nitrogens with two attached hydrogens (primary N) is 1. The quantitative estimate of drug-likeness (QED) is 0.829. The molecule has 0 amide bonds. The normalized spacial score (nSPS) is 11.3. The highest BCUT2D eigenvalue weighted by Crippen LogP contribution is 2.24. The minimum Gasteiger partial charge on any atom is -0.389 e. The molecule has 0 fully saturated rings. The van der Waals surface area contributed by atoms with Crippen LogP contribution in [0.3, 0.4) is 0 Å². The number of aryl methyl sites for hydroxylation is 1. The number of benzene rings is 1. The molecule has 0 saturated heterocycles. The summed E-state index contributed by atoms with van der Waals surface area (Å²) in [6.45, 7) is 0. The van der Waals surface area contributed by atoms with Crippen molar-refractivity contribution in [2.75, 3.05) is 4.72 Å². The summed E-state index contributed by atoms with van der Waals surface area (Å²) in [4.78, 5) is -0.00827. The molecule has 0 spiro atoms. The van der Waals surface area contributed by atoms with Crippen molar-refractivity contribution in [3.63, 3.8) is 0 Å². The minimum atomic E-state index is -3.86. The third-order valence-electron chi connectivity index (χ3n) is 2.46. The Kier molecular flexibility index (Phi) is 3.98. The van der Waals surface area contributed by atoms with Gasteiger partial charge in [-0.1, -0.05) is 29.9 Å². The van der Waals surface area contributed by atoms with E-state index < -0.39 is 10.0 Å². The van der Waals surface area contributed by atoms with Crippen molar-refractivity contribution in [3.05, 3.63) is 41.0 Å². The summed E-state index contributed by atoms with van der Waals surface area (Å²) in [7, 11) is -2.18. The molecule has 9 heteroatoms. The highest BCUT2D eigenvalue weighted by atomic mass is 35.5. The first-order valence-corrected chi connectivity index (χ1v) is 7.68. The molecule has 0 aliphatic heterocycles. The summed E-state index contributed by atoms with van der Waals surface area (Å²) in [6.07, 6.45) is 1.62. The molecule has 6 nitrogen and oxygen atoms in total. The van der Waals surface area contributed by atoms with E-state index in [1.165, 1.54) is 22.9 Å². The van der Waals surface area contributed by atoms with Gasteiger partial charge < -0.3 is 5.73 Å². The minimum absolute atomic E-state index is 0.0773. The number of sulfonamides is 1. The number of hydrogen-bond donors (Lipinski definition) is 2. The van der Waals surface area contributed by atoms with Gasteiger partial charge in [0.25, 0.3) is 10.0 Å². The summed E-state index contributed by atoms with van der Waals surface area (Å²) in [5.74, 6) is 0.198. The Morgan fingerprint density at radius 2 is 2.15 bits per heavy atom. The topological polar surface area (TPSA) is 90.0 Å². The molecule has 0 atom stereocenters. The molecule has 106 valence electrons. The molecule has 0 radical (unpaired) electrons. The Bertz CT molecular complexity index is 770. The molecule has 2 rings (SSSR count). The number of halogens is 1. The predicted octanol–water partition coefficient (Wildman–Crippen LogP) is 1.51. The number of rotatable bonds is 4. The van der Waals surface area contributed by atoms with E-state index in [4.69, 9.17) is 29.6 Å². The Labute approximate surface area is 126 Å². The Hall–Kier alpha value is -1.64. The number of nitrogens with one attached hydrogen (secondary N) is 1. The van der Waals surface area contributed by atoms with Gasteiger partial charge in [-0.25, -0.2) is 8.42 Å². The van der Waals surface area contributed by atoms with Gasteiger partial charge in [-0.15, -0.1) is 0 Å². The van der Waals surface area contributed by atoms with Crippen LogP contribution >= 0.6 is 23.8 Å². The molecule has 1 aromatic heterocycles. The van der Waals surface area contributed by atoms with E-state index in [9.17, 15) is 8.42 Å². The third-order valence-corrected chi connectivity index (χ3v) is 4.53. The Morgan fingerprint density at radius 3 is 2.70 bits per heavy atom. The monoisotopic (exact) mass is 330 g/mol. The van der Waals surface area contributed by atoms with E-state index in [2.05, 4.69) is 9.82 Å². The maximum Gasteiger partial charge on any atom is 0.264 e. The van der Waals surface area contributed by atoms with Crippen LogP contribution in [0.2, 0.25) is 5.02 Å². The molecule has 0 aliphatic rings. The highest BCUT2D eigenvalue weighted by Gasteiger charge is 2.20. The third kappa shape index (κ3) is 3.09. The van der Waals surface area contributed by atoms with E-state index in [1.807, 2.05) is 0 Å². The van der Waals surface area contributed by atoms with Crippen LogP contribution in [0.1, 0.15) is 5.56 Å². The van der Waals surface area contributed by atoms with Crippen molar-refractivity contribution in [2.24, 2.45) is 12.8 Å². The smallest absolute Gasteiger partial charge is 0.264 e. The van der Waals surface area contributed by atoms with E-state index in [0.29, 0.717) is 5.56 Å². The van der Waals surface area contributed by atoms with Crippen LogP contribution in [0.4, 0.5) is 5.82 Å². The molecule has 1 aromatic carbocycles. The van der Waals surface area contributed by atoms with Crippen molar-refractivity contribution < 1.29 is 8.42 Å². The standard InChI is InChI=1S/C11H11ClN4O2S2/c1-16-5-4-10(14-16)15-20(17,18)9-6-7(11(13)19)2-3-8(9)12/h2-6H,1H3,(H2,13,19)(H,14,15). The van der Waals surface area contributed by atoms with E-state index in [-0.39, 0.29) is 20.7 Å². The zero-order valence-corrected chi connectivity index (χ0v) is 12.8. The Balaban J connectivity index is 2.43. The molecule has 3 N–H and O–H groups in total. The van der Waals surface area contributed by atoms with Crippen LogP contribution in [0, 0.1) is 0 Å². The summed E-state index contributed by atoms with van der Waals surface area (Å²) in [5, 5.41) is 4.02. The van der Waals surface area contributed by atoms with Gasteiger partial charge >= 0.3 is 0 Å². The Morgan fingerprint density at radius 1 is 1.45 bits per heavy atom. The number of hydrogen-bond acceptors (Lipinski definition) is 4. The van der Waals surface area contributed by atoms with Crippen LogP contribution < -0.4 is 10.5 Å². The first-order valence-electron chi connectivity index (χ1n) is 5.41. The molecule has 20 heavy (non-hydrogen) atoms. The zero-order valence-electron chi connectivity index (χ0n) is 10.4. The van der Waals surface area contributed by atoms with Gasteiger partial charge in [-0.05, 0) is 12.1 Å². The average Bonchev–Trinajstić information content (AvgIpc) is 2.73. The summed E-state index contributed by atoms with van der Waals surface area (Å²) < 4.78 is 28.4. The van der Waals surface area contributed by atoms with E-state index in [1.54, 1.807) is 19.3 Å². The number of aromatic nitrogens is 2. The van der Waals surface area contributed by atoms with E-state index >= 15 is 0 Å². The van der Waals surface area contributed by atoms with Crippen molar-refractivity contribution in [2.45, 2.75) is 4.90 Å². The number of thiocarbonyl (C=S) groups is 1. The molecule has 1 heterocycles.